The summed E-state index contributed by atoms with van der Waals surface area (Å²) in [5, 5.41) is 3.26. The van der Waals surface area contributed by atoms with Crippen LogP contribution in [-0.4, -0.2) is 16.1 Å². The van der Waals surface area contributed by atoms with E-state index in [1.165, 1.54) is 12.0 Å². The first-order chi connectivity index (χ1) is 9.59. The number of rotatable bonds is 4. The Labute approximate surface area is 180 Å². The molecule has 1 aromatic carbocycles. The molecule has 0 atom stereocenters. The number of halogens is 3. The third-order valence-corrected chi connectivity index (χ3v) is 9.67. The van der Waals surface area contributed by atoms with Gasteiger partial charge in [0.25, 0.3) is 0 Å². The zero-order chi connectivity index (χ0) is 15.8. The van der Waals surface area contributed by atoms with E-state index in [-0.39, 0.29) is 37.2 Å². The molecule has 0 spiro atoms. The smallest absolute Gasteiger partial charge is 1.00 e. The van der Waals surface area contributed by atoms with Gasteiger partial charge in [0.15, 0.2) is 0 Å². The maximum absolute atomic E-state index is 2.50. The molecule has 0 saturated carbocycles. The number of hydrogen-bond acceptors (Lipinski definition) is 0. The van der Waals surface area contributed by atoms with E-state index in [2.05, 4.69) is 90.1 Å². The van der Waals surface area contributed by atoms with Gasteiger partial charge in [0.05, 0.1) is 0 Å². The van der Waals surface area contributed by atoms with Crippen molar-refractivity contribution in [3.05, 3.63) is 50.6 Å². The van der Waals surface area contributed by atoms with Crippen LogP contribution in [0.3, 0.4) is 0 Å². The molecule has 0 unspecified atom stereocenters. The van der Waals surface area contributed by atoms with Crippen LogP contribution in [0.1, 0.15) is 12.0 Å². The number of allylic oxidation sites excluding steroid dienone is 4. The van der Waals surface area contributed by atoms with Crippen molar-refractivity contribution in [1.29, 1.82) is 0 Å². The van der Waals surface area contributed by atoms with Gasteiger partial charge in [0, 0.05) is 0 Å². The third kappa shape index (κ3) is 6.79. The van der Waals surface area contributed by atoms with E-state index in [0.717, 1.165) is 6.42 Å². The number of benzene rings is 1. The monoisotopic (exact) mass is 452 g/mol. The second-order valence-corrected chi connectivity index (χ2v) is 19.1. The van der Waals surface area contributed by atoms with E-state index in [1.54, 1.807) is 19.8 Å². The standard InChI is InChI=1S/C18H27Si2.3ClH.Ti/c1-19(2,3)17-9-7-8-15(13-17)12-16-10-11-18(14-16)20(4,5)6;;;;/h7-9,11,13H,10,12H2,1-6H3;3*1H;/q;;;;+3/p-3. The maximum Gasteiger partial charge on any atom is -1.00 e. The van der Waals surface area contributed by atoms with Crippen LogP contribution in [0.2, 0.25) is 39.3 Å². The summed E-state index contributed by atoms with van der Waals surface area (Å²) in [5.41, 5.74) is 3.13. The van der Waals surface area contributed by atoms with Gasteiger partial charge in [0.2, 0.25) is 0 Å². The quantitative estimate of drug-likeness (QED) is 0.406. The van der Waals surface area contributed by atoms with Gasteiger partial charge in [-0.3, -0.25) is 0 Å². The Morgan fingerprint density at radius 2 is 1.50 bits per heavy atom. The van der Waals surface area contributed by atoms with Crippen LogP contribution >= 0.6 is 0 Å². The Kier molecular flexibility index (Phi) is 11.4. The second kappa shape index (κ2) is 10.2. The SMILES string of the molecule is C[Si](C)(C)C1=CCC(Cc2cccc([Si](C)(C)C)c2)=[C]1[Ti+3].[Cl-].[Cl-].[Cl-]. The van der Waals surface area contributed by atoms with Gasteiger partial charge in [-0.25, -0.2) is 0 Å². The summed E-state index contributed by atoms with van der Waals surface area (Å²) >= 11 is 2.34. The first kappa shape index (κ1) is 26.9. The van der Waals surface area contributed by atoms with Gasteiger partial charge >= 0.3 is 144 Å². The molecule has 1 aliphatic carbocycles. The van der Waals surface area contributed by atoms with Crippen molar-refractivity contribution in [2.24, 2.45) is 0 Å². The van der Waals surface area contributed by atoms with E-state index < -0.39 is 16.1 Å². The second-order valence-electron chi connectivity index (χ2n) is 8.18. The molecule has 0 bridgehead atoms. The van der Waals surface area contributed by atoms with Crippen LogP contribution < -0.4 is 42.4 Å². The molecular formula is C18H27Cl3Si2Ti. The van der Waals surface area contributed by atoms with E-state index in [9.17, 15) is 0 Å². The van der Waals surface area contributed by atoms with Crippen LogP contribution in [0.4, 0.5) is 0 Å². The van der Waals surface area contributed by atoms with Crippen LogP contribution in [0, 0.1) is 0 Å². The topological polar surface area (TPSA) is 0 Å². The molecule has 6 heteroatoms. The molecule has 0 aliphatic heterocycles. The molecular weight excluding hydrogens is 427 g/mol. The number of hydrogen-bond donors (Lipinski definition) is 0. The van der Waals surface area contributed by atoms with Crippen molar-refractivity contribution in [2.75, 3.05) is 0 Å². The fraction of sp³-hybridized carbons (Fsp3) is 0.444. The molecule has 24 heavy (non-hydrogen) atoms. The maximum atomic E-state index is 2.50. The summed E-state index contributed by atoms with van der Waals surface area (Å²) in [6.45, 7) is 14.6. The molecule has 0 saturated heterocycles. The average Bonchev–Trinajstić information content (AvgIpc) is 2.70. The van der Waals surface area contributed by atoms with E-state index >= 15 is 0 Å². The summed E-state index contributed by atoms with van der Waals surface area (Å²) in [4.78, 5) is 0. The Morgan fingerprint density at radius 3 is 1.96 bits per heavy atom. The summed E-state index contributed by atoms with van der Waals surface area (Å²) in [6, 6.07) is 9.33. The zero-order valence-electron chi connectivity index (χ0n) is 15.4. The fourth-order valence-corrected chi connectivity index (χ4v) is 7.93. The van der Waals surface area contributed by atoms with Crippen molar-refractivity contribution < 1.29 is 57.7 Å². The molecule has 0 nitrogen and oxygen atoms in total. The van der Waals surface area contributed by atoms with Crippen molar-refractivity contribution in [2.45, 2.75) is 52.1 Å². The molecule has 132 valence electrons. The molecule has 0 N–H and O–H groups in total. The molecule has 1 aliphatic rings. The Morgan fingerprint density at radius 1 is 0.917 bits per heavy atom. The normalized spacial score (nSPS) is 14.4. The van der Waals surface area contributed by atoms with Crippen molar-refractivity contribution >= 4 is 21.3 Å². The van der Waals surface area contributed by atoms with Gasteiger partial charge in [-0.2, -0.15) is 0 Å². The van der Waals surface area contributed by atoms with Gasteiger partial charge in [0.1, 0.15) is 0 Å². The average molecular weight is 454 g/mol. The molecule has 2 rings (SSSR count). The van der Waals surface area contributed by atoms with E-state index in [0.29, 0.717) is 0 Å². The van der Waals surface area contributed by atoms with Crippen LogP contribution in [-0.2, 0) is 26.9 Å². The van der Waals surface area contributed by atoms with Crippen molar-refractivity contribution in [3.8, 4) is 0 Å². The predicted octanol–water partition coefficient (Wildman–Crippen LogP) is -4.21. The van der Waals surface area contributed by atoms with Crippen LogP contribution in [0.25, 0.3) is 0 Å². The predicted molar refractivity (Wildman–Crippen MR) is 96.2 cm³/mol. The Hall–Kier alpha value is 0.718. The summed E-state index contributed by atoms with van der Waals surface area (Å²) in [5.74, 6) is 0. The first-order valence-electron chi connectivity index (χ1n) is 7.83. The van der Waals surface area contributed by atoms with Crippen LogP contribution in [0.5, 0.6) is 0 Å². The molecule has 0 radical (unpaired) electrons. The van der Waals surface area contributed by atoms with Crippen LogP contribution in [0.15, 0.2) is 45.0 Å². The molecule has 1 aromatic rings. The van der Waals surface area contributed by atoms with Gasteiger partial charge in [-0.05, 0) is 0 Å². The third-order valence-electron chi connectivity index (χ3n) is 4.19. The van der Waals surface area contributed by atoms with E-state index in [1.807, 2.05) is 0 Å². The van der Waals surface area contributed by atoms with E-state index in [4.69, 9.17) is 0 Å². The van der Waals surface area contributed by atoms with Gasteiger partial charge in [-0.1, -0.05) is 0 Å². The Balaban J connectivity index is 0. The molecule has 0 heterocycles. The molecule has 0 fully saturated rings. The van der Waals surface area contributed by atoms with Gasteiger partial charge in [-0.15, -0.1) is 0 Å². The first-order valence-corrected chi connectivity index (χ1v) is 15.6. The Bertz CT molecular complexity index is 611. The minimum atomic E-state index is -1.20. The molecule has 0 aromatic heterocycles. The summed E-state index contributed by atoms with van der Waals surface area (Å²) in [7, 11) is -2.38. The minimum absolute atomic E-state index is 0. The summed E-state index contributed by atoms with van der Waals surface area (Å²) in [6.07, 6.45) is 4.80. The zero-order valence-corrected chi connectivity index (χ0v) is 21.3. The summed E-state index contributed by atoms with van der Waals surface area (Å²) < 4.78 is 1.59. The van der Waals surface area contributed by atoms with Gasteiger partial charge < -0.3 is 37.2 Å². The molecule has 0 amide bonds. The van der Waals surface area contributed by atoms with Crippen molar-refractivity contribution in [1.82, 2.24) is 0 Å². The largest absolute Gasteiger partial charge is 1.00 e. The minimum Gasteiger partial charge on any atom is -1.00 e. The fourth-order valence-electron chi connectivity index (χ4n) is 2.86. The van der Waals surface area contributed by atoms with Crippen molar-refractivity contribution in [3.63, 3.8) is 0 Å².